The molecule has 64 valence electrons. The summed E-state index contributed by atoms with van der Waals surface area (Å²) in [6.07, 6.45) is 1.40. The minimum atomic E-state index is -0.377. The predicted molar refractivity (Wildman–Crippen MR) is 45.2 cm³/mol. The lowest BCUT2D eigenvalue weighted by atomic mass is 9.80. The molecule has 4 heteroatoms. The number of piperidine rings is 1. The third-order valence-corrected chi connectivity index (χ3v) is 2.38. The predicted octanol–water partition coefficient (Wildman–Crippen LogP) is -0.0581. The van der Waals surface area contributed by atoms with Crippen molar-refractivity contribution < 1.29 is 10.1 Å². The van der Waals surface area contributed by atoms with Gasteiger partial charge in [-0.05, 0) is 26.2 Å². The van der Waals surface area contributed by atoms with Gasteiger partial charge < -0.3 is 14.9 Å². The number of rotatable bonds is 1. The summed E-state index contributed by atoms with van der Waals surface area (Å²) in [5.74, 6) is 0. The highest BCUT2D eigenvalue weighted by atomic mass is 16.3. The van der Waals surface area contributed by atoms with Gasteiger partial charge in [-0.25, -0.2) is 0 Å². The summed E-state index contributed by atoms with van der Waals surface area (Å²) in [5, 5.41) is 18.5. The first-order chi connectivity index (χ1) is 5.11. The standard InChI is InChI=1S/C7H16BNO2/c1-6-5-7(10)3-4-9(6)8(2)11/h6-7,10-11H,3-5H2,1-2H3. The lowest BCUT2D eigenvalue weighted by Crippen LogP contribution is -2.49. The summed E-state index contributed by atoms with van der Waals surface area (Å²) in [5.41, 5.74) is 0. The van der Waals surface area contributed by atoms with E-state index in [1.165, 1.54) is 0 Å². The van der Waals surface area contributed by atoms with Crippen molar-refractivity contribution in [2.45, 2.75) is 38.7 Å². The van der Waals surface area contributed by atoms with E-state index in [9.17, 15) is 10.1 Å². The first-order valence-corrected chi connectivity index (χ1v) is 4.23. The van der Waals surface area contributed by atoms with Crippen molar-refractivity contribution in [2.24, 2.45) is 0 Å². The molecule has 1 saturated heterocycles. The average Bonchev–Trinajstić information content (AvgIpc) is 1.85. The minimum absolute atomic E-state index is 0.167. The molecule has 3 nitrogen and oxygen atoms in total. The van der Waals surface area contributed by atoms with Gasteiger partial charge >= 0.3 is 7.05 Å². The van der Waals surface area contributed by atoms with Crippen molar-refractivity contribution >= 4 is 7.05 Å². The summed E-state index contributed by atoms with van der Waals surface area (Å²) in [4.78, 5) is 2.01. The summed E-state index contributed by atoms with van der Waals surface area (Å²) in [7, 11) is -0.377. The van der Waals surface area contributed by atoms with Crippen LogP contribution in [0, 0.1) is 0 Å². The molecule has 2 atom stereocenters. The Kier molecular flexibility index (Phi) is 2.93. The van der Waals surface area contributed by atoms with Crippen LogP contribution in [0.5, 0.6) is 0 Å². The number of nitrogens with zero attached hydrogens (tertiary/aromatic N) is 1. The molecule has 11 heavy (non-hydrogen) atoms. The van der Waals surface area contributed by atoms with Gasteiger partial charge in [0, 0.05) is 6.04 Å². The van der Waals surface area contributed by atoms with Gasteiger partial charge in [0.2, 0.25) is 0 Å². The quantitative estimate of drug-likeness (QED) is 0.524. The molecule has 2 N–H and O–H groups in total. The van der Waals surface area contributed by atoms with E-state index in [-0.39, 0.29) is 13.2 Å². The lowest BCUT2D eigenvalue weighted by Gasteiger charge is -2.36. The van der Waals surface area contributed by atoms with Crippen molar-refractivity contribution in [3.05, 3.63) is 0 Å². The van der Waals surface area contributed by atoms with Crippen molar-refractivity contribution in [1.82, 2.24) is 4.81 Å². The molecule has 0 bridgehead atoms. The molecule has 0 radical (unpaired) electrons. The topological polar surface area (TPSA) is 43.7 Å². The Balaban J connectivity index is 2.44. The van der Waals surface area contributed by atoms with Gasteiger partial charge in [0.05, 0.1) is 6.10 Å². The van der Waals surface area contributed by atoms with Crippen LogP contribution < -0.4 is 0 Å². The molecule has 1 rings (SSSR count). The zero-order valence-corrected chi connectivity index (χ0v) is 7.20. The molecule has 1 heterocycles. The second kappa shape index (κ2) is 3.56. The maximum Gasteiger partial charge on any atom is 0.376 e. The fraction of sp³-hybridized carbons (Fsp3) is 1.00. The van der Waals surface area contributed by atoms with Gasteiger partial charge in [-0.15, -0.1) is 0 Å². The highest BCUT2D eigenvalue weighted by molar-refractivity contribution is 6.45. The Bertz CT molecular complexity index is 132. The average molecular weight is 157 g/mol. The van der Waals surface area contributed by atoms with Gasteiger partial charge in [0.25, 0.3) is 0 Å². The maximum absolute atomic E-state index is 9.28. The fourth-order valence-corrected chi connectivity index (χ4v) is 1.72. The highest BCUT2D eigenvalue weighted by Gasteiger charge is 2.28. The zero-order valence-electron chi connectivity index (χ0n) is 7.20. The molecular weight excluding hydrogens is 141 g/mol. The fourth-order valence-electron chi connectivity index (χ4n) is 1.72. The molecule has 0 saturated carbocycles. The summed E-state index contributed by atoms with van der Waals surface area (Å²) in [6.45, 7) is 4.61. The van der Waals surface area contributed by atoms with Crippen molar-refractivity contribution in [3.8, 4) is 0 Å². The molecule has 1 aliphatic heterocycles. The first kappa shape index (κ1) is 9.04. The molecule has 0 aromatic carbocycles. The lowest BCUT2D eigenvalue weighted by molar-refractivity contribution is 0.0792. The third kappa shape index (κ3) is 2.19. The minimum Gasteiger partial charge on any atom is -0.437 e. The summed E-state index contributed by atoms with van der Waals surface area (Å²) in [6, 6.07) is 0.304. The Morgan fingerprint density at radius 2 is 2.18 bits per heavy atom. The van der Waals surface area contributed by atoms with Crippen LogP contribution in [-0.2, 0) is 0 Å². The summed E-state index contributed by atoms with van der Waals surface area (Å²) >= 11 is 0. The van der Waals surface area contributed by atoms with Crippen LogP contribution in [0.4, 0.5) is 0 Å². The van der Waals surface area contributed by atoms with Gasteiger partial charge in [-0.1, -0.05) is 6.92 Å². The SMILES string of the molecule is CB(O)N1CCC(O)CC1C. The molecule has 0 aliphatic carbocycles. The highest BCUT2D eigenvalue weighted by Crippen LogP contribution is 2.17. The molecular formula is C7H16BNO2. The van der Waals surface area contributed by atoms with Crippen molar-refractivity contribution in [1.29, 1.82) is 0 Å². The Hall–Kier alpha value is -0.0551. The number of aliphatic hydroxyl groups is 1. The molecule has 0 spiro atoms. The van der Waals surface area contributed by atoms with Gasteiger partial charge in [-0.3, -0.25) is 0 Å². The van der Waals surface area contributed by atoms with Crippen LogP contribution in [0.2, 0.25) is 6.82 Å². The molecule has 1 aliphatic rings. The van der Waals surface area contributed by atoms with Gasteiger partial charge in [0.1, 0.15) is 0 Å². The molecule has 2 unspecified atom stereocenters. The molecule has 0 aromatic heterocycles. The third-order valence-electron chi connectivity index (χ3n) is 2.38. The monoisotopic (exact) mass is 157 g/mol. The number of aliphatic hydroxyl groups excluding tert-OH is 1. The van der Waals surface area contributed by atoms with E-state index in [1.54, 1.807) is 6.82 Å². The largest absolute Gasteiger partial charge is 0.437 e. The van der Waals surface area contributed by atoms with Crippen LogP contribution in [0.1, 0.15) is 19.8 Å². The Labute approximate surface area is 68.2 Å². The van der Waals surface area contributed by atoms with E-state index >= 15 is 0 Å². The second-order valence-corrected chi connectivity index (χ2v) is 3.40. The Morgan fingerprint density at radius 1 is 1.55 bits per heavy atom. The van der Waals surface area contributed by atoms with E-state index in [2.05, 4.69) is 0 Å². The van der Waals surface area contributed by atoms with Crippen LogP contribution >= 0.6 is 0 Å². The van der Waals surface area contributed by atoms with Crippen LogP contribution in [-0.4, -0.2) is 40.7 Å². The van der Waals surface area contributed by atoms with Crippen LogP contribution in [0.3, 0.4) is 0 Å². The smallest absolute Gasteiger partial charge is 0.376 e. The second-order valence-electron chi connectivity index (χ2n) is 3.40. The summed E-state index contributed by atoms with van der Waals surface area (Å²) < 4.78 is 0. The maximum atomic E-state index is 9.28. The zero-order chi connectivity index (χ0) is 8.43. The van der Waals surface area contributed by atoms with Crippen molar-refractivity contribution in [3.63, 3.8) is 0 Å². The number of hydrogen-bond donors (Lipinski definition) is 2. The van der Waals surface area contributed by atoms with E-state index in [0.717, 1.165) is 19.4 Å². The number of hydrogen-bond acceptors (Lipinski definition) is 3. The van der Waals surface area contributed by atoms with Crippen LogP contribution in [0.15, 0.2) is 0 Å². The van der Waals surface area contributed by atoms with Gasteiger partial charge in [-0.2, -0.15) is 0 Å². The van der Waals surface area contributed by atoms with Gasteiger partial charge in [0.15, 0.2) is 0 Å². The van der Waals surface area contributed by atoms with E-state index in [0.29, 0.717) is 6.04 Å². The first-order valence-electron chi connectivity index (χ1n) is 4.23. The van der Waals surface area contributed by atoms with Crippen molar-refractivity contribution in [2.75, 3.05) is 6.54 Å². The molecule has 0 amide bonds. The van der Waals surface area contributed by atoms with E-state index < -0.39 is 0 Å². The van der Waals surface area contributed by atoms with E-state index in [4.69, 9.17) is 0 Å². The molecule has 0 aromatic rings. The Morgan fingerprint density at radius 3 is 2.64 bits per heavy atom. The normalized spacial score (nSPS) is 33.8. The van der Waals surface area contributed by atoms with Crippen LogP contribution in [0.25, 0.3) is 0 Å². The molecule has 1 fully saturated rings. The van der Waals surface area contributed by atoms with E-state index in [1.807, 2.05) is 11.7 Å².